The van der Waals surface area contributed by atoms with E-state index in [2.05, 4.69) is 6.92 Å². The summed E-state index contributed by atoms with van der Waals surface area (Å²) < 4.78 is 31.7. The van der Waals surface area contributed by atoms with E-state index in [0.717, 1.165) is 24.2 Å². The first-order valence-corrected chi connectivity index (χ1v) is 8.48. The molecule has 1 heterocycles. The topological polar surface area (TPSA) is 50.5 Å². The third-order valence-corrected chi connectivity index (χ3v) is 5.16. The van der Waals surface area contributed by atoms with Crippen LogP contribution in [0.3, 0.4) is 0 Å². The van der Waals surface area contributed by atoms with E-state index in [1.54, 1.807) is 25.2 Å². The van der Waals surface area contributed by atoms with E-state index in [0.29, 0.717) is 10.7 Å². The number of aryl methyl sites for hydroxylation is 2. The van der Waals surface area contributed by atoms with Gasteiger partial charge in [-0.3, -0.25) is 0 Å². The first-order valence-electron chi connectivity index (χ1n) is 7.04. The van der Waals surface area contributed by atoms with Crippen LogP contribution in [0.4, 0.5) is 0 Å². The number of nitrogens with zero attached hydrogens (tertiary/aromatic N) is 1. The zero-order valence-corrected chi connectivity index (χ0v) is 13.5. The second kappa shape index (κ2) is 6.45. The third kappa shape index (κ3) is 3.74. The van der Waals surface area contributed by atoms with Gasteiger partial charge in [-0.2, -0.15) is 4.31 Å². The zero-order valence-electron chi connectivity index (χ0n) is 12.7. The standard InChI is InChI=1S/C16H21NO3S/c1-4-5-14-7-10-16(11-8-14)21(18,19)17(3)12-15-9-6-13(2)20-15/h6-11H,4-5,12H2,1-3H3. The molecule has 21 heavy (non-hydrogen) atoms. The Labute approximate surface area is 126 Å². The van der Waals surface area contributed by atoms with Gasteiger partial charge in [0.2, 0.25) is 10.0 Å². The van der Waals surface area contributed by atoms with Gasteiger partial charge in [0.15, 0.2) is 0 Å². The van der Waals surface area contributed by atoms with Crippen LogP contribution in [0.2, 0.25) is 0 Å². The lowest BCUT2D eigenvalue weighted by Crippen LogP contribution is -2.26. The van der Waals surface area contributed by atoms with Gasteiger partial charge in [-0.15, -0.1) is 0 Å². The number of furan rings is 1. The summed E-state index contributed by atoms with van der Waals surface area (Å²) in [5.74, 6) is 1.42. The van der Waals surface area contributed by atoms with Crippen LogP contribution >= 0.6 is 0 Å². The molecule has 0 saturated heterocycles. The molecule has 1 aromatic heterocycles. The highest BCUT2D eigenvalue weighted by Crippen LogP contribution is 2.18. The Hall–Kier alpha value is -1.59. The van der Waals surface area contributed by atoms with Crippen molar-refractivity contribution in [3.63, 3.8) is 0 Å². The highest BCUT2D eigenvalue weighted by molar-refractivity contribution is 7.89. The van der Waals surface area contributed by atoms with Crippen molar-refractivity contribution in [2.75, 3.05) is 7.05 Å². The summed E-state index contributed by atoms with van der Waals surface area (Å²) in [7, 11) is -1.92. The summed E-state index contributed by atoms with van der Waals surface area (Å²) in [5, 5.41) is 0. The minimum absolute atomic E-state index is 0.229. The van der Waals surface area contributed by atoms with Crippen LogP contribution in [0.1, 0.15) is 30.4 Å². The molecule has 0 fully saturated rings. The molecule has 0 aliphatic heterocycles. The minimum atomic E-state index is -3.49. The SMILES string of the molecule is CCCc1ccc(S(=O)(=O)N(C)Cc2ccc(C)o2)cc1. The summed E-state index contributed by atoms with van der Waals surface area (Å²) in [5.41, 5.74) is 1.15. The predicted molar refractivity (Wildman–Crippen MR) is 82.5 cm³/mol. The summed E-state index contributed by atoms with van der Waals surface area (Å²) in [4.78, 5) is 0.313. The lowest BCUT2D eigenvalue weighted by molar-refractivity contribution is 0.397. The van der Waals surface area contributed by atoms with Crippen LogP contribution in [0.25, 0.3) is 0 Å². The molecule has 1 aromatic carbocycles. The van der Waals surface area contributed by atoms with E-state index in [-0.39, 0.29) is 6.54 Å². The summed E-state index contributed by atoms with van der Waals surface area (Å²) >= 11 is 0. The molecule has 0 amide bonds. The van der Waals surface area contributed by atoms with Crippen molar-refractivity contribution in [1.29, 1.82) is 0 Å². The second-order valence-electron chi connectivity index (χ2n) is 5.17. The van der Waals surface area contributed by atoms with E-state index < -0.39 is 10.0 Å². The van der Waals surface area contributed by atoms with E-state index in [1.165, 1.54) is 4.31 Å². The van der Waals surface area contributed by atoms with Crippen LogP contribution in [-0.4, -0.2) is 19.8 Å². The maximum Gasteiger partial charge on any atom is 0.243 e. The van der Waals surface area contributed by atoms with Crippen molar-refractivity contribution in [3.05, 3.63) is 53.5 Å². The number of benzene rings is 1. The van der Waals surface area contributed by atoms with Gasteiger partial charge in [-0.1, -0.05) is 25.5 Å². The molecule has 0 atom stereocenters. The molecule has 114 valence electrons. The number of hydrogen-bond acceptors (Lipinski definition) is 3. The summed E-state index contributed by atoms with van der Waals surface area (Å²) in [6, 6.07) is 10.7. The van der Waals surface area contributed by atoms with Crippen molar-refractivity contribution in [1.82, 2.24) is 4.31 Å². The molecule has 0 bridgehead atoms. The molecule has 2 aromatic rings. The fourth-order valence-electron chi connectivity index (χ4n) is 2.17. The third-order valence-electron chi connectivity index (χ3n) is 3.34. The van der Waals surface area contributed by atoms with Gasteiger partial charge >= 0.3 is 0 Å². The maximum atomic E-state index is 12.5. The first kappa shape index (κ1) is 15.8. The molecule has 4 nitrogen and oxygen atoms in total. The van der Waals surface area contributed by atoms with E-state index >= 15 is 0 Å². The fourth-order valence-corrected chi connectivity index (χ4v) is 3.31. The van der Waals surface area contributed by atoms with Crippen molar-refractivity contribution < 1.29 is 12.8 Å². The molecule has 0 N–H and O–H groups in total. The van der Waals surface area contributed by atoms with E-state index in [1.807, 2.05) is 25.1 Å². The molecule has 0 unspecified atom stereocenters. The Morgan fingerprint density at radius 2 is 1.76 bits per heavy atom. The van der Waals surface area contributed by atoms with Crippen LogP contribution in [-0.2, 0) is 23.0 Å². The number of rotatable bonds is 6. The Morgan fingerprint density at radius 1 is 1.10 bits per heavy atom. The number of sulfonamides is 1. The maximum absolute atomic E-state index is 12.5. The minimum Gasteiger partial charge on any atom is -0.465 e. The summed E-state index contributed by atoms with van der Waals surface area (Å²) in [6.07, 6.45) is 2.01. The van der Waals surface area contributed by atoms with E-state index in [9.17, 15) is 8.42 Å². The van der Waals surface area contributed by atoms with Gasteiger partial charge in [0, 0.05) is 7.05 Å². The lowest BCUT2D eigenvalue weighted by atomic mass is 10.1. The molecule has 2 rings (SSSR count). The summed E-state index contributed by atoms with van der Waals surface area (Å²) in [6.45, 7) is 4.17. The van der Waals surface area contributed by atoms with Gasteiger partial charge in [0.05, 0.1) is 11.4 Å². The van der Waals surface area contributed by atoms with Gasteiger partial charge in [-0.25, -0.2) is 8.42 Å². The second-order valence-corrected chi connectivity index (χ2v) is 7.21. The van der Waals surface area contributed by atoms with Crippen molar-refractivity contribution in [2.45, 2.75) is 38.1 Å². The largest absolute Gasteiger partial charge is 0.465 e. The van der Waals surface area contributed by atoms with Crippen molar-refractivity contribution in [2.24, 2.45) is 0 Å². The highest BCUT2D eigenvalue weighted by Gasteiger charge is 2.21. The smallest absolute Gasteiger partial charge is 0.243 e. The fraction of sp³-hybridized carbons (Fsp3) is 0.375. The average Bonchev–Trinajstić information content (AvgIpc) is 2.85. The van der Waals surface area contributed by atoms with Crippen molar-refractivity contribution >= 4 is 10.0 Å². The Bertz CT molecular complexity index is 687. The molecular formula is C16H21NO3S. The Morgan fingerprint density at radius 3 is 2.29 bits per heavy atom. The molecule has 0 aliphatic rings. The molecular weight excluding hydrogens is 286 g/mol. The van der Waals surface area contributed by atoms with Gasteiger partial charge in [0.25, 0.3) is 0 Å². The van der Waals surface area contributed by atoms with Crippen LogP contribution in [0.5, 0.6) is 0 Å². The molecule has 0 saturated carbocycles. The van der Waals surface area contributed by atoms with Crippen LogP contribution in [0, 0.1) is 6.92 Å². The van der Waals surface area contributed by atoms with Gasteiger partial charge in [-0.05, 0) is 43.2 Å². The van der Waals surface area contributed by atoms with Crippen LogP contribution in [0.15, 0.2) is 45.7 Å². The lowest BCUT2D eigenvalue weighted by Gasteiger charge is -2.16. The van der Waals surface area contributed by atoms with Gasteiger partial charge in [0.1, 0.15) is 11.5 Å². The molecule has 0 aliphatic carbocycles. The van der Waals surface area contributed by atoms with E-state index in [4.69, 9.17) is 4.42 Å². The van der Waals surface area contributed by atoms with Gasteiger partial charge < -0.3 is 4.42 Å². The Balaban J connectivity index is 2.16. The van der Waals surface area contributed by atoms with Crippen LogP contribution < -0.4 is 0 Å². The highest BCUT2D eigenvalue weighted by atomic mass is 32.2. The molecule has 0 spiro atoms. The quantitative estimate of drug-likeness (QED) is 0.822. The zero-order chi connectivity index (χ0) is 15.5. The number of hydrogen-bond donors (Lipinski definition) is 0. The predicted octanol–water partition coefficient (Wildman–Crippen LogP) is 3.36. The monoisotopic (exact) mass is 307 g/mol. The molecule has 0 radical (unpaired) electrons. The Kier molecular flexibility index (Phi) is 4.85. The first-order chi connectivity index (χ1) is 9.93. The molecule has 5 heteroatoms. The normalized spacial score (nSPS) is 12.0. The van der Waals surface area contributed by atoms with Crippen molar-refractivity contribution in [3.8, 4) is 0 Å². The average molecular weight is 307 g/mol.